The molecular weight excluding hydrogens is 284 g/mol. The zero-order chi connectivity index (χ0) is 15.5. The second-order valence-corrected chi connectivity index (χ2v) is 7.44. The van der Waals surface area contributed by atoms with Crippen molar-refractivity contribution in [1.82, 2.24) is 9.62 Å². The van der Waals surface area contributed by atoms with Crippen LogP contribution >= 0.6 is 0 Å². The predicted octanol–water partition coefficient (Wildman–Crippen LogP) is 0.0259. The molecule has 0 aromatic heterocycles. The van der Waals surface area contributed by atoms with Crippen LogP contribution in [0, 0.1) is 5.92 Å². The molecule has 1 fully saturated rings. The highest BCUT2D eigenvalue weighted by molar-refractivity contribution is 7.88. The van der Waals surface area contributed by atoms with Crippen LogP contribution in [0.5, 0.6) is 0 Å². The molecule has 0 bridgehead atoms. The van der Waals surface area contributed by atoms with E-state index in [1.807, 2.05) is 13.8 Å². The van der Waals surface area contributed by atoms with E-state index in [1.54, 1.807) is 0 Å². The number of aliphatic carboxylic acids is 1. The number of carboxylic acid groups (broad SMARTS) is 1. The molecular formula is C12H22N2O5S. The van der Waals surface area contributed by atoms with Crippen molar-refractivity contribution in [2.45, 2.75) is 45.2 Å². The average molecular weight is 306 g/mol. The third-order valence-electron chi connectivity index (χ3n) is 2.94. The maximum absolute atomic E-state index is 12.4. The third-order valence-corrected chi connectivity index (χ3v) is 3.65. The molecule has 0 aromatic carbocycles. The Labute approximate surface area is 119 Å². The summed E-state index contributed by atoms with van der Waals surface area (Å²) in [7, 11) is -3.53. The molecule has 0 aliphatic heterocycles. The van der Waals surface area contributed by atoms with Crippen molar-refractivity contribution in [2.24, 2.45) is 5.92 Å². The lowest BCUT2D eigenvalue weighted by Crippen LogP contribution is -2.50. The molecule has 1 aliphatic carbocycles. The number of sulfonamides is 1. The van der Waals surface area contributed by atoms with Gasteiger partial charge in [-0.2, -0.15) is 0 Å². The van der Waals surface area contributed by atoms with Gasteiger partial charge in [0.15, 0.2) is 0 Å². The Kier molecular flexibility index (Phi) is 5.52. The van der Waals surface area contributed by atoms with Gasteiger partial charge in [0.1, 0.15) is 12.6 Å². The second-order valence-electron chi connectivity index (χ2n) is 5.66. The first kappa shape index (κ1) is 16.9. The number of amides is 1. The molecule has 8 heteroatoms. The first-order valence-electron chi connectivity index (χ1n) is 6.59. The highest BCUT2D eigenvalue weighted by atomic mass is 32.2. The number of hydrogen-bond donors (Lipinski definition) is 2. The lowest BCUT2D eigenvalue weighted by atomic mass is 10.0. The SMILES string of the molecule is CC(C)CC(NS(C)(=O)=O)C(=O)N(CC(=O)O)C1CC1. The van der Waals surface area contributed by atoms with Crippen LogP contribution in [0.25, 0.3) is 0 Å². The summed E-state index contributed by atoms with van der Waals surface area (Å²) in [6.45, 7) is 3.37. The molecule has 1 atom stereocenters. The standard InChI is InChI=1S/C12H22N2O5S/c1-8(2)6-10(13-20(3,18)19)12(17)14(7-11(15)16)9-4-5-9/h8-10,13H,4-7H2,1-3H3,(H,15,16). The maximum Gasteiger partial charge on any atom is 0.323 e. The predicted molar refractivity (Wildman–Crippen MR) is 73.6 cm³/mol. The lowest BCUT2D eigenvalue weighted by Gasteiger charge is -2.27. The first-order chi connectivity index (χ1) is 9.10. The van der Waals surface area contributed by atoms with Crippen LogP contribution in [-0.4, -0.2) is 55.2 Å². The molecule has 20 heavy (non-hydrogen) atoms. The molecule has 0 aromatic rings. The molecule has 116 valence electrons. The van der Waals surface area contributed by atoms with Crippen LogP contribution in [0.3, 0.4) is 0 Å². The van der Waals surface area contributed by atoms with Gasteiger partial charge in [0.25, 0.3) is 0 Å². The van der Waals surface area contributed by atoms with Gasteiger partial charge in [-0.05, 0) is 25.2 Å². The number of hydrogen-bond acceptors (Lipinski definition) is 4. The maximum atomic E-state index is 12.4. The number of rotatable bonds is 8. The number of nitrogens with one attached hydrogen (secondary N) is 1. The molecule has 7 nitrogen and oxygen atoms in total. The number of carbonyl (C=O) groups is 2. The van der Waals surface area contributed by atoms with Crippen molar-refractivity contribution in [3.63, 3.8) is 0 Å². The summed E-state index contributed by atoms with van der Waals surface area (Å²) in [6, 6.07) is -0.973. The van der Waals surface area contributed by atoms with Crippen LogP contribution in [0.1, 0.15) is 33.1 Å². The van der Waals surface area contributed by atoms with Gasteiger partial charge in [-0.15, -0.1) is 0 Å². The van der Waals surface area contributed by atoms with Crippen LogP contribution in [0.15, 0.2) is 0 Å². The summed E-state index contributed by atoms with van der Waals surface area (Å²) in [4.78, 5) is 24.5. The van der Waals surface area contributed by atoms with E-state index >= 15 is 0 Å². The van der Waals surface area contributed by atoms with Crippen molar-refractivity contribution in [3.05, 3.63) is 0 Å². The van der Waals surface area contributed by atoms with Crippen LogP contribution in [-0.2, 0) is 19.6 Å². The van der Waals surface area contributed by atoms with E-state index in [0.29, 0.717) is 6.42 Å². The van der Waals surface area contributed by atoms with E-state index in [0.717, 1.165) is 19.1 Å². The van der Waals surface area contributed by atoms with Crippen molar-refractivity contribution >= 4 is 21.9 Å². The van der Waals surface area contributed by atoms with Gasteiger partial charge in [-0.1, -0.05) is 13.8 Å². The van der Waals surface area contributed by atoms with Crippen molar-refractivity contribution in [2.75, 3.05) is 12.8 Å². The number of carbonyl (C=O) groups excluding carboxylic acids is 1. The molecule has 0 radical (unpaired) electrons. The van der Waals surface area contributed by atoms with E-state index in [1.165, 1.54) is 4.90 Å². The summed E-state index contributed by atoms with van der Waals surface area (Å²) in [5.41, 5.74) is 0. The van der Waals surface area contributed by atoms with Crippen LogP contribution in [0.4, 0.5) is 0 Å². The summed E-state index contributed by atoms with van der Waals surface area (Å²) < 4.78 is 25.0. The molecule has 1 aliphatic rings. The fourth-order valence-electron chi connectivity index (χ4n) is 2.05. The number of carboxylic acids is 1. The Balaban J connectivity index is 2.85. The minimum atomic E-state index is -3.53. The van der Waals surface area contributed by atoms with Gasteiger partial charge in [0.05, 0.1) is 6.26 Å². The molecule has 0 saturated heterocycles. The Hall–Kier alpha value is -1.15. The fraction of sp³-hybridized carbons (Fsp3) is 0.833. The van der Waals surface area contributed by atoms with Crippen molar-refractivity contribution in [1.29, 1.82) is 0 Å². The molecule has 0 heterocycles. The molecule has 2 N–H and O–H groups in total. The molecule has 1 saturated carbocycles. The average Bonchev–Trinajstić information content (AvgIpc) is 3.04. The highest BCUT2D eigenvalue weighted by Crippen LogP contribution is 2.27. The van der Waals surface area contributed by atoms with Crippen LogP contribution < -0.4 is 4.72 Å². The van der Waals surface area contributed by atoms with E-state index in [-0.39, 0.29) is 18.5 Å². The fourth-order valence-corrected chi connectivity index (χ4v) is 2.76. The first-order valence-corrected chi connectivity index (χ1v) is 8.49. The Morgan fingerprint density at radius 1 is 1.35 bits per heavy atom. The monoisotopic (exact) mass is 306 g/mol. The van der Waals surface area contributed by atoms with Crippen LogP contribution in [0.2, 0.25) is 0 Å². The largest absolute Gasteiger partial charge is 0.480 e. The molecule has 1 rings (SSSR count). The third kappa shape index (κ3) is 5.87. The summed E-state index contributed by atoms with van der Waals surface area (Å²) >= 11 is 0. The zero-order valence-corrected chi connectivity index (χ0v) is 12.8. The van der Waals surface area contributed by atoms with Crippen molar-refractivity contribution in [3.8, 4) is 0 Å². The molecule has 0 spiro atoms. The number of nitrogens with zero attached hydrogens (tertiary/aromatic N) is 1. The van der Waals surface area contributed by atoms with Gasteiger partial charge in [-0.3, -0.25) is 9.59 Å². The molecule has 1 amide bonds. The zero-order valence-electron chi connectivity index (χ0n) is 12.0. The highest BCUT2D eigenvalue weighted by Gasteiger charge is 2.37. The minimum absolute atomic E-state index is 0.0744. The van der Waals surface area contributed by atoms with Crippen molar-refractivity contribution < 1.29 is 23.1 Å². The topological polar surface area (TPSA) is 104 Å². The molecule has 1 unspecified atom stereocenters. The quantitative estimate of drug-likeness (QED) is 0.658. The normalized spacial score (nSPS) is 17.0. The van der Waals surface area contributed by atoms with E-state index in [2.05, 4.69) is 4.72 Å². The van der Waals surface area contributed by atoms with E-state index < -0.39 is 27.9 Å². The van der Waals surface area contributed by atoms with Gasteiger partial charge < -0.3 is 10.0 Å². The van der Waals surface area contributed by atoms with E-state index in [9.17, 15) is 18.0 Å². The summed E-state index contributed by atoms with van der Waals surface area (Å²) in [5.74, 6) is -1.42. The summed E-state index contributed by atoms with van der Waals surface area (Å²) in [6.07, 6.45) is 2.87. The Morgan fingerprint density at radius 3 is 2.25 bits per heavy atom. The van der Waals surface area contributed by atoms with Gasteiger partial charge >= 0.3 is 5.97 Å². The van der Waals surface area contributed by atoms with E-state index in [4.69, 9.17) is 5.11 Å². The Bertz CT molecular complexity index is 470. The minimum Gasteiger partial charge on any atom is -0.480 e. The van der Waals surface area contributed by atoms with Gasteiger partial charge in [0, 0.05) is 6.04 Å². The summed E-state index contributed by atoms with van der Waals surface area (Å²) in [5, 5.41) is 8.87. The van der Waals surface area contributed by atoms with Gasteiger partial charge in [-0.25, -0.2) is 13.1 Å². The lowest BCUT2D eigenvalue weighted by molar-refractivity contribution is -0.145. The Morgan fingerprint density at radius 2 is 1.90 bits per heavy atom. The van der Waals surface area contributed by atoms with Gasteiger partial charge in [0.2, 0.25) is 15.9 Å². The smallest absolute Gasteiger partial charge is 0.323 e. The second kappa shape index (κ2) is 6.53.